The van der Waals surface area contributed by atoms with Crippen molar-refractivity contribution >= 4 is 109 Å². The van der Waals surface area contributed by atoms with Crippen LogP contribution in [0.4, 0.5) is 0 Å². The van der Waals surface area contributed by atoms with E-state index in [1.54, 1.807) is 0 Å². The summed E-state index contributed by atoms with van der Waals surface area (Å²) in [6, 6.07) is 73.9. The van der Waals surface area contributed by atoms with E-state index in [0.29, 0.717) is 5.84 Å². The van der Waals surface area contributed by atoms with E-state index in [1.807, 2.05) is 0 Å². The van der Waals surface area contributed by atoms with Gasteiger partial charge in [-0.25, -0.2) is 9.98 Å². The fourth-order valence-corrected chi connectivity index (χ4v) is 10.5. The zero-order valence-electron chi connectivity index (χ0n) is 34.5. The second-order valence-corrected chi connectivity index (χ2v) is 16.9. The molecule has 14 rings (SSSR count). The van der Waals surface area contributed by atoms with Crippen LogP contribution < -0.4 is 5.32 Å². The molecule has 0 radical (unpaired) electrons. The van der Waals surface area contributed by atoms with E-state index in [-0.39, 0.29) is 0 Å². The van der Waals surface area contributed by atoms with Gasteiger partial charge in [-0.05, 0) is 90.3 Å². The Labute approximate surface area is 366 Å². The Balaban J connectivity index is 1.12. The van der Waals surface area contributed by atoms with E-state index in [1.165, 1.54) is 37.7 Å². The molecule has 0 bridgehead atoms. The van der Waals surface area contributed by atoms with Crippen LogP contribution in [-0.2, 0) is 0 Å². The Morgan fingerprint density at radius 3 is 1.80 bits per heavy atom. The third-order valence-electron chi connectivity index (χ3n) is 13.4. The maximum atomic E-state index is 7.10. The van der Waals surface area contributed by atoms with Gasteiger partial charge < -0.3 is 14.3 Å². The van der Waals surface area contributed by atoms with Crippen LogP contribution >= 0.6 is 0 Å². The van der Waals surface area contributed by atoms with Gasteiger partial charge >= 0.3 is 0 Å². The third-order valence-corrected chi connectivity index (χ3v) is 13.4. The minimum absolute atomic E-state index is 0.417. The van der Waals surface area contributed by atoms with E-state index in [9.17, 15) is 0 Å². The largest absolute Gasteiger partial charge is 0.454 e. The van der Waals surface area contributed by atoms with Gasteiger partial charge in [-0.15, -0.1) is 0 Å². The number of fused-ring (bicyclic) bond motifs is 13. The summed E-state index contributed by atoms with van der Waals surface area (Å²) in [4.78, 5) is 11.1. The van der Waals surface area contributed by atoms with Crippen LogP contribution in [0.1, 0.15) is 22.9 Å². The van der Waals surface area contributed by atoms with Gasteiger partial charge in [0.1, 0.15) is 17.6 Å². The first kappa shape index (κ1) is 35.1. The number of amidine groups is 2. The topological polar surface area (TPSA) is 54.8 Å². The minimum Gasteiger partial charge on any atom is -0.454 e. The molecule has 1 atom stereocenters. The molecule has 3 heterocycles. The Hall–Kier alpha value is -8.54. The van der Waals surface area contributed by atoms with Crippen LogP contribution in [0, 0.1) is 0 Å². The Bertz CT molecular complexity index is 4180. The lowest BCUT2D eigenvalue weighted by Gasteiger charge is -2.25. The molecular weight excluding hydrogens is 781 g/mol. The molecule has 5 heteroatoms. The summed E-state index contributed by atoms with van der Waals surface area (Å²) >= 11 is 0. The lowest BCUT2D eigenvalue weighted by Crippen LogP contribution is -2.33. The molecule has 0 aliphatic carbocycles. The number of aromatic nitrogens is 1. The fraction of sp³-hybridized carbons (Fsp3) is 0.0169. The molecule has 1 aliphatic heterocycles. The summed E-state index contributed by atoms with van der Waals surface area (Å²) in [5.41, 5.74) is 7.81. The van der Waals surface area contributed by atoms with Crippen LogP contribution in [0.25, 0.3) is 103 Å². The molecule has 0 amide bonds. The lowest BCUT2D eigenvalue weighted by molar-refractivity contribution is 0.666. The quantitative estimate of drug-likeness (QED) is 0.192. The van der Waals surface area contributed by atoms with Gasteiger partial charge in [-0.1, -0.05) is 170 Å². The lowest BCUT2D eigenvalue weighted by atomic mass is 9.99. The summed E-state index contributed by atoms with van der Waals surface area (Å²) < 4.78 is 9.51. The average molecular weight is 817 g/mol. The summed E-state index contributed by atoms with van der Waals surface area (Å²) in [5, 5.41) is 20.0. The van der Waals surface area contributed by atoms with Gasteiger partial charge in [-0.3, -0.25) is 0 Å². The number of nitrogens with one attached hydrogen (secondary N) is 1. The highest BCUT2D eigenvalue weighted by molar-refractivity contribution is 6.26. The molecule has 0 saturated carbocycles. The second-order valence-electron chi connectivity index (χ2n) is 16.9. The van der Waals surface area contributed by atoms with Gasteiger partial charge in [0, 0.05) is 38.2 Å². The number of hydrogen-bond acceptors (Lipinski definition) is 4. The normalized spacial score (nSPS) is 14.4. The van der Waals surface area contributed by atoms with Crippen molar-refractivity contribution in [1.29, 1.82) is 0 Å². The highest BCUT2D eigenvalue weighted by Gasteiger charge is 2.27. The maximum absolute atomic E-state index is 7.10. The Kier molecular flexibility index (Phi) is 7.39. The number of nitrogens with zero attached hydrogens (tertiary/aromatic N) is 3. The molecule has 0 spiro atoms. The molecule has 2 aromatic heterocycles. The van der Waals surface area contributed by atoms with Crippen molar-refractivity contribution in [3.05, 3.63) is 223 Å². The predicted molar refractivity (Wildman–Crippen MR) is 267 cm³/mol. The van der Waals surface area contributed by atoms with Crippen LogP contribution in [0.15, 0.2) is 221 Å². The van der Waals surface area contributed by atoms with Crippen molar-refractivity contribution in [3.63, 3.8) is 0 Å². The van der Waals surface area contributed by atoms with Gasteiger partial charge in [0.25, 0.3) is 0 Å². The average Bonchev–Trinajstić information content (AvgIpc) is 3.90. The molecular formula is C59H36N4O. The number of rotatable bonds is 4. The van der Waals surface area contributed by atoms with Crippen molar-refractivity contribution in [2.24, 2.45) is 9.98 Å². The molecule has 13 aromatic rings. The molecule has 1 N–H and O–H groups in total. The standard InChI is InChI=1S/C59H36N4O/c1-2-18-40-33-51-48(31-39(40)17-1)54-44-23-9-5-15-37(44)27-29-50(54)63(51)52-34-41(32-49-55-45-24-10-6-16-38(45)28-30-53(55)64-56(49)52)57-60-58(46-25-11-19-35-13-3-7-21-42(35)46)62-59(61-57)47-26-12-20-36-14-4-8-22-43(36)47/h1-34,58H,(H,60,61,62). The molecule has 64 heavy (non-hydrogen) atoms. The molecule has 11 aromatic carbocycles. The molecule has 298 valence electrons. The number of hydrogen-bond donors (Lipinski definition) is 1. The Morgan fingerprint density at radius 2 is 1.03 bits per heavy atom. The first-order valence-corrected chi connectivity index (χ1v) is 21.8. The number of benzene rings is 11. The van der Waals surface area contributed by atoms with E-state index in [2.05, 4.69) is 216 Å². The first-order chi connectivity index (χ1) is 31.7. The zero-order chi connectivity index (χ0) is 41.9. The highest BCUT2D eigenvalue weighted by atomic mass is 16.3. The monoisotopic (exact) mass is 816 g/mol. The van der Waals surface area contributed by atoms with Crippen molar-refractivity contribution in [3.8, 4) is 5.69 Å². The van der Waals surface area contributed by atoms with Crippen molar-refractivity contribution in [2.75, 3.05) is 0 Å². The molecule has 1 unspecified atom stereocenters. The van der Waals surface area contributed by atoms with Crippen LogP contribution in [-0.4, -0.2) is 16.2 Å². The second kappa shape index (κ2) is 13.5. The zero-order valence-corrected chi connectivity index (χ0v) is 34.5. The highest BCUT2D eigenvalue weighted by Crippen LogP contribution is 2.44. The minimum atomic E-state index is -0.417. The van der Waals surface area contributed by atoms with Crippen LogP contribution in [0.2, 0.25) is 0 Å². The summed E-state index contributed by atoms with van der Waals surface area (Å²) in [6.45, 7) is 0. The van der Waals surface area contributed by atoms with Crippen molar-refractivity contribution < 1.29 is 4.42 Å². The van der Waals surface area contributed by atoms with E-state index in [4.69, 9.17) is 14.4 Å². The van der Waals surface area contributed by atoms with Crippen LogP contribution in [0.3, 0.4) is 0 Å². The van der Waals surface area contributed by atoms with Crippen molar-refractivity contribution in [1.82, 2.24) is 9.88 Å². The van der Waals surface area contributed by atoms with Gasteiger partial charge in [-0.2, -0.15) is 0 Å². The molecule has 0 saturated heterocycles. The molecule has 0 fully saturated rings. The predicted octanol–water partition coefficient (Wildman–Crippen LogP) is 14.9. The van der Waals surface area contributed by atoms with Crippen molar-refractivity contribution in [2.45, 2.75) is 6.17 Å². The first-order valence-electron chi connectivity index (χ1n) is 21.8. The van der Waals surface area contributed by atoms with E-state index in [0.717, 1.165) is 88.1 Å². The third kappa shape index (κ3) is 5.18. The maximum Gasteiger partial charge on any atom is 0.159 e. The summed E-state index contributed by atoms with van der Waals surface area (Å²) in [6.07, 6.45) is -0.417. The summed E-state index contributed by atoms with van der Waals surface area (Å²) in [7, 11) is 0. The number of furan rings is 1. The fourth-order valence-electron chi connectivity index (χ4n) is 10.5. The van der Waals surface area contributed by atoms with E-state index >= 15 is 0 Å². The van der Waals surface area contributed by atoms with Gasteiger partial charge in [0.2, 0.25) is 0 Å². The van der Waals surface area contributed by atoms with Gasteiger partial charge in [0.05, 0.1) is 16.7 Å². The number of aliphatic imine (C=N–C) groups is 2. The van der Waals surface area contributed by atoms with Gasteiger partial charge in [0.15, 0.2) is 11.4 Å². The smallest absolute Gasteiger partial charge is 0.159 e. The van der Waals surface area contributed by atoms with Crippen LogP contribution in [0.5, 0.6) is 0 Å². The SMILES string of the molecule is c1ccc2cc3c(cc2c1)c1c2ccccc2ccc1n3-c1cc(C2=NC(c3cccc4ccccc34)NC(c3cccc4ccccc34)=N2)cc2c1oc1ccc3ccccc3c12. The van der Waals surface area contributed by atoms with E-state index < -0.39 is 6.17 Å². The molecule has 1 aliphatic rings. The molecule has 5 nitrogen and oxygen atoms in total. The Morgan fingerprint density at radius 1 is 0.438 bits per heavy atom. The summed E-state index contributed by atoms with van der Waals surface area (Å²) in [5.74, 6) is 1.42.